The van der Waals surface area contributed by atoms with Gasteiger partial charge in [0.25, 0.3) is 0 Å². The lowest BCUT2D eigenvalue weighted by Gasteiger charge is -2.10. The van der Waals surface area contributed by atoms with E-state index in [1.807, 2.05) is 6.92 Å². The van der Waals surface area contributed by atoms with Crippen LogP contribution < -0.4 is 0 Å². The Labute approximate surface area is 62.3 Å². The third-order valence-corrected chi connectivity index (χ3v) is 1.75. The molecule has 2 nitrogen and oxygen atoms in total. The van der Waals surface area contributed by atoms with Gasteiger partial charge in [0.1, 0.15) is 6.61 Å². The first kappa shape index (κ1) is 7.58. The molecule has 1 aliphatic carbocycles. The van der Waals surface area contributed by atoms with Crippen LogP contribution in [0.15, 0.2) is 5.16 Å². The summed E-state index contributed by atoms with van der Waals surface area (Å²) in [5.74, 6) is 0. The molecule has 58 valence electrons. The molecule has 0 aromatic heterocycles. The van der Waals surface area contributed by atoms with Gasteiger partial charge < -0.3 is 4.84 Å². The van der Waals surface area contributed by atoms with Gasteiger partial charge in [-0.2, -0.15) is 0 Å². The van der Waals surface area contributed by atoms with E-state index in [0.717, 1.165) is 12.8 Å². The predicted octanol–water partition coefficient (Wildman–Crippen LogP) is 2.34. The van der Waals surface area contributed by atoms with Gasteiger partial charge in [0.05, 0.1) is 5.71 Å². The largest absolute Gasteiger partial charge is 0.396 e. The highest BCUT2D eigenvalue weighted by Gasteiger charge is 2.06. The monoisotopic (exact) mass is 141 g/mol. The summed E-state index contributed by atoms with van der Waals surface area (Å²) in [6.07, 6.45) is 6.27. The Morgan fingerprint density at radius 3 is 2.60 bits per heavy atom. The minimum atomic E-state index is 0.698. The number of oxime groups is 1. The van der Waals surface area contributed by atoms with Crippen LogP contribution in [-0.4, -0.2) is 12.3 Å². The van der Waals surface area contributed by atoms with Crippen molar-refractivity contribution in [2.45, 2.75) is 39.0 Å². The van der Waals surface area contributed by atoms with Gasteiger partial charge in [0, 0.05) is 0 Å². The molecule has 10 heavy (non-hydrogen) atoms. The van der Waals surface area contributed by atoms with Crippen molar-refractivity contribution in [3.05, 3.63) is 0 Å². The highest BCUT2D eigenvalue weighted by Crippen LogP contribution is 2.14. The van der Waals surface area contributed by atoms with E-state index in [4.69, 9.17) is 4.84 Å². The summed E-state index contributed by atoms with van der Waals surface area (Å²) < 4.78 is 0. The average molecular weight is 141 g/mol. The van der Waals surface area contributed by atoms with E-state index in [1.165, 1.54) is 25.0 Å². The smallest absolute Gasteiger partial charge is 0.114 e. The Kier molecular flexibility index (Phi) is 3.27. The van der Waals surface area contributed by atoms with Crippen LogP contribution in [-0.2, 0) is 4.84 Å². The minimum absolute atomic E-state index is 0.698. The van der Waals surface area contributed by atoms with Gasteiger partial charge in [-0.3, -0.25) is 0 Å². The maximum Gasteiger partial charge on any atom is 0.114 e. The van der Waals surface area contributed by atoms with E-state index in [1.54, 1.807) is 0 Å². The van der Waals surface area contributed by atoms with E-state index in [-0.39, 0.29) is 0 Å². The molecule has 1 saturated carbocycles. The molecular weight excluding hydrogens is 126 g/mol. The summed E-state index contributed by atoms with van der Waals surface area (Å²) in [5, 5.41) is 4.02. The fraction of sp³-hybridized carbons (Fsp3) is 0.875. The zero-order valence-corrected chi connectivity index (χ0v) is 6.60. The molecule has 0 aromatic carbocycles. The quantitative estimate of drug-likeness (QED) is 0.541. The molecule has 0 aromatic rings. The lowest BCUT2D eigenvalue weighted by atomic mass is 9.99. The van der Waals surface area contributed by atoms with Crippen molar-refractivity contribution in [2.24, 2.45) is 5.16 Å². The summed E-state index contributed by atoms with van der Waals surface area (Å²) in [6, 6.07) is 0. The Bertz CT molecular complexity index is 112. The molecule has 0 aliphatic heterocycles. The minimum Gasteiger partial charge on any atom is -0.396 e. The van der Waals surface area contributed by atoms with Crippen molar-refractivity contribution < 1.29 is 4.84 Å². The fourth-order valence-electron chi connectivity index (χ4n) is 1.21. The molecule has 0 saturated heterocycles. The van der Waals surface area contributed by atoms with Crippen LogP contribution in [0.5, 0.6) is 0 Å². The van der Waals surface area contributed by atoms with E-state index in [9.17, 15) is 0 Å². The maximum atomic E-state index is 4.96. The molecular formula is C8H15NO. The van der Waals surface area contributed by atoms with Crippen LogP contribution in [0.4, 0.5) is 0 Å². The third-order valence-electron chi connectivity index (χ3n) is 1.75. The first-order chi connectivity index (χ1) is 4.93. The number of hydrogen-bond acceptors (Lipinski definition) is 2. The first-order valence-electron chi connectivity index (χ1n) is 4.11. The van der Waals surface area contributed by atoms with Gasteiger partial charge in [-0.15, -0.1) is 0 Å². The lowest BCUT2D eigenvalue weighted by Crippen LogP contribution is -2.05. The standard InChI is InChI=1S/C8H15NO/c1-2-10-9-8-6-4-3-5-7-8/h2-7H2,1H3. The first-order valence-corrected chi connectivity index (χ1v) is 4.11. The summed E-state index contributed by atoms with van der Waals surface area (Å²) in [6.45, 7) is 2.66. The molecule has 0 spiro atoms. The molecule has 1 fully saturated rings. The van der Waals surface area contributed by atoms with Crippen molar-refractivity contribution in [2.75, 3.05) is 6.61 Å². The zero-order chi connectivity index (χ0) is 7.23. The Hall–Kier alpha value is -0.530. The van der Waals surface area contributed by atoms with E-state index in [2.05, 4.69) is 5.16 Å². The van der Waals surface area contributed by atoms with Gasteiger partial charge in [0.2, 0.25) is 0 Å². The predicted molar refractivity (Wildman–Crippen MR) is 42.1 cm³/mol. The molecule has 0 radical (unpaired) electrons. The molecule has 2 heteroatoms. The second kappa shape index (κ2) is 4.31. The molecule has 0 atom stereocenters. The highest BCUT2D eigenvalue weighted by atomic mass is 16.6. The van der Waals surface area contributed by atoms with Crippen LogP contribution in [0.25, 0.3) is 0 Å². The van der Waals surface area contributed by atoms with Crippen LogP contribution in [0.1, 0.15) is 39.0 Å². The summed E-state index contributed by atoms with van der Waals surface area (Å²) in [5.41, 5.74) is 1.26. The normalized spacial score (nSPS) is 18.7. The number of rotatable bonds is 2. The number of hydrogen-bond donors (Lipinski definition) is 0. The maximum absolute atomic E-state index is 4.96. The van der Waals surface area contributed by atoms with Gasteiger partial charge in [-0.05, 0) is 32.6 Å². The average Bonchev–Trinajstić information content (AvgIpc) is 2.03. The SMILES string of the molecule is CCON=C1CCCCC1. The van der Waals surface area contributed by atoms with Crippen molar-refractivity contribution in [3.63, 3.8) is 0 Å². The van der Waals surface area contributed by atoms with Crippen LogP contribution in [0.3, 0.4) is 0 Å². The van der Waals surface area contributed by atoms with Gasteiger partial charge >= 0.3 is 0 Å². The van der Waals surface area contributed by atoms with Crippen LogP contribution in [0, 0.1) is 0 Å². The summed E-state index contributed by atoms with van der Waals surface area (Å²) in [4.78, 5) is 4.96. The summed E-state index contributed by atoms with van der Waals surface area (Å²) in [7, 11) is 0. The zero-order valence-electron chi connectivity index (χ0n) is 6.60. The Morgan fingerprint density at radius 2 is 2.00 bits per heavy atom. The van der Waals surface area contributed by atoms with E-state index < -0.39 is 0 Å². The van der Waals surface area contributed by atoms with E-state index >= 15 is 0 Å². The lowest BCUT2D eigenvalue weighted by molar-refractivity contribution is 0.157. The molecule has 0 N–H and O–H groups in total. The molecule has 1 aliphatic rings. The van der Waals surface area contributed by atoms with Crippen molar-refractivity contribution in [3.8, 4) is 0 Å². The molecule has 0 amide bonds. The Morgan fingerprint density at radius 1 is 1.30 bits per heavy atom. The van der Waals surface area contributed by atoms with Crippen LogP contribution in [0.2, 0.25) is 0 Å². The fourth-order valence-corrected chi connectivity index (χ4v) is 1.21. The van der Waals surface area contributed by atoms with Gasteiger partial charge in [-0.25, -0.2) is 0 Å². The topological polar surface area (TPSA) is 21.6 Å². The van der Waals surface area contributed by atoms with E-state index in [0.29, 0.717) is 6.61 Å². The number of nitrogens with zero attached hydrogens (tertiary/aromatic N) is 1. The molecule has 0 heterocycles. The van der Waals surface area contributed by atoms with Gasteiger partial charge in [-0.1, -0.05) is 11.6 Å². The van der Waals surface area contributed by atoms with Gasteiger partial charge in [0.15, 0.2) is 0 Å². The molecule has 0 unspecified atom stereocenters. The third kappa shape index (κ3) is 2.38. The molecule has 0 bridgehead atoms. The highest BCUT2D eigenvalue weighted by molar-refractivity contribution is 5.84. The second-order valence-corrected chi connectivity index (χ2v) is 2.64. The van der Waals surface area contributed by atoms with Crippen molar-refractivity contribution >= 4 is 5.71 Å². The Balaban J connectivity index is 2.23. The van der Waals surface area contributed by atoms with Crippen molar-refractivity contribution in [1.29, 1.82) is 0 Å². The second-order valence-electron chi connectivity index (χ2n) is 2.64. The van der Waals surface area contributed by atoms with Crippen molar-refractivity contribution in [1.82, 2.24) is 0 Å². The molecule has 1 rings (SSSR count). The summed E-state index contributed by atoms with van der Waals surface area (Å²) >= 11 is 0. The van der Waals surface area contributed by atoms with Crippen LogP contribution >= 0.6 is 0 Å².